The normalized spacial score (nSPS) is 9.95. The first-order valence-corrected chi connectivity index (χ1v) is 6.35. The van der Waals surface area contributed by atoms with E-state index in [1.807, 2.05) is 19.1 Å². The number of rotatable bonds is 3. The van der Waals surface area contributed by atoms with Crippen molar-refractivity contribution in [3.8, 4) is 23.1 Å². The van der Waals surface area contributed by atoms with Crippen molar-refractivity contribution in [2.24, 2.45) is 0 Å². The third-order valence-electron chi connectivity index (χ3n) is 3.34. The standard InChI is InChI=1S/C16H17N3O/c1-10-7-13(15(20-4)8-11(10)2)14-6-5-12(9-17)16(18-3)19-14/h5-8H,1-4H3,(H,18,19). The van der Waals surface area contributed by atoms with Gasteiger partial charge in [-0.15, -0.1) is 0 Å². The van der Waals surface area contributed by atoms with Crippen molar-refractivity contribution in [3.05, 3.63) is 41.0 Å². The van der Waals surface area contributed by atoms with Crippen LogP contribution in [0.15, 0.2) is 24.3 Å². The lowest BCUT2D eigenvalue weighted by atomic mass is 10.0. The number of nitrogens with zero attached hydrogens (tertiary/aromatic N) is 2. The van der Waals surface area contributed by atoms with E-state index in [1.165, 1.54) is 11.1 Å². The molecule has 20 heavy (non-hydrogen) atoms. The lowest BCUT2D eigenvalue weighted by molar-refractivity contribution is 0.416. The molecule has 0 bridgehead atoms. The monoisotopic (exact) mass is 267 g/mol. The Kier molecular flexibility index (Phi) is 3.90. The van der Waals surface area contributed by atoms with Gasteiger partial charge in [0.25, 0.3) is 0 Å². The van der Waals surface area contributed by atoms with Crippen molar-refractivity contribution in [2.75, 3.05) is 19.5 Å². The van der Waals surface area contributed by atoms with Gasteiger partial charge in [0, 0.05) is 12.6 Å². The Morgan fingerprint density at radius 3 is 2.50 bits per heavy atom. The minimum Gasteiger partial charge on any atom is -0.496 e. The summed E-state index contributed by atoms with van der Waals surface area (Å²) in [6.45, 7) is 4.10. The van der Waals surface area contributed by atoms with Gasteiger partial charge in [-0.1, -0.05) is 0 Å². The second-order valence-electron chi connectivity index (χ2n) is 4.59. The first-order chi connectivity index (χ1) is 9.60. The Labute approximate surface area is 119 Å². The molecule has 4 heteroatoms. The summed E-state index contributed by atoms with van der Waals surface area (Å²) >= 11 is 0. The van der Waals surface area contributed by atoms with E-state index in [0.717, 1.165) is 17.0 Å². The highest BCUT2D eigenvalue weighted by molar-refractivity contribution is 5.71. The summed E-state index contributed by atoms with van der Waals surface area (Å²) in [5.74, 6) is 1.36. The number of aryl methyl sites for hydroxylation is 2. The molecule has 0 aliphatic rings. The van der Waals surface area contributed by atoms with E-state index < -0.39 is 0 Å². The number of benzene rings is 1. The molecule has 0 saturated carbocycles. The van der Waals surface area contributed by atoms with Gasteiger partial charge in [0.05, 0.1) is 18.4 Å². The maximum absolute atomic E-state index is 9.04. The topological polar surface area (TPSA) is 57.9 Å². The van der Waals surface area contributed by atoms with Crippen LogP contribution in [0.2, 0.25) is 0 Å². The number of nitriles is 1. The van der Waals surface area contributed by atoms with E-state index in [1.54, 1.807) is 20.2 Å². The Balaban J connectivity index is 2.62. The lowest BCUT2D eigenvalue weighted by Crippen LogP contribution is -1.99. The molecule has 0 saturated heterocycles. The highest BCUT2D eigenvalue weighted by Crippen LogP contribution is 2.32. The molecule has 0 amide bonds. The molecule has 0 fully saturated rings. The van der Waals surface area contributed by atoms with Crippen LogP contribution in [-0.4, -0.2) is 19.1 Å². The highest BCUT2D eigenvalue weighted by Gasteiger charge is 2.12. The molecule has 102 valence electrons. The summed E-state index contributed by atoms with van der Waals surface area (Å²) in [6.07, 6.45) is 0. The summed E-state index contributed by atoms with van der Waals surface area (Å²) in [4.78, 5) is 4.50. The fourth-order valence-corrected chi connectivity index (χ4v) is 2.05. The van der Waals surface area contributed by atoms with Gasteiger partial charge in [-0.2, -0.15) is 5.26 Å². The molecule has 1 aromatic carbocycles. The molecular formula is C16H17N3O. The molecule has 2 rings (SSSR count). The molecule has 4 nitrogen and oxygen atoms in total. The molecular weight excluding hydrogens is 250 g/mol. The molecule has 0 spiro atoms. The van der Waals surface area contributed by atoms with Crippen LogP contribution in [-0.2, 0) is 0 Å². The van der Waals surface area contributed by atoms with Gasteiger partial charge in [0.1, 0.15) is 17.6 Å². The summed E-state index contributed by atoms with van der Waals surface area (Å²) in [5, 5.41) is 12.0. The number of nitrogens with one attached hydrogen (secondary N) is 1. The predicted octanol–water partition coefficient (Wildman–Crippen LogP) is 3.29. The van der Waals surface area contributed by atoms with Crippen LogP contribution in [0.25, 0.3) is 11.3 Å². The zero-order chi connectivity index (χ0) is 14.7. The predicted molar refractivity (Wildman–Crippen MR) is 80.0 cm³/mol. The van der Waals surface area contributed by atoms with Crippen molar-refractivity contribution >= 4 is 5.82 Å². The van der Waals surface area contributed by atoms with Gasteiger partial charge >= 0.3 is 0 Å². The van der Waals surface area contributed by atoms with Crippen LogP contribution >= 0.6 is 0 Å². The van der Waals surface area contributed by atoms with Gasteiger partial charge in [0.15, 0.2) is 0 Å². The van der Waals surface area contributed by atoms with E-state index in [0.29, 0.717) is 11.4 Å². The lowest BCUT2D eigenvalue weighted by Gasteiger charge is -2.12. The fourth-order valence-electron chi connectivity index (χ4n) is 2.05. The second-order valence-corrected chi connectivity index (χ2v) is 4.59. The molecule has 1 aromatic heterocycles. The third kappa shape index (κ3) is 2.43. The molecule has 0 aliphatic carbocycles. The average Bonchev–Trinajstić information content (AvgIpc) is 2.48. The van der Waals surface area contributed by atoms with E-state index in [-0.39, 0.29) is 0 Å². The van der Waals surface area contributed by atoms with Crippen molar-refractivity contribution < 1.29 is 4.74 Å². The Bertz CT molecular complexity index is 687. The van der Waals surface area contributed by atoms with Crippen LogP contribution in [0.4, 0.5) is 5.82 Å². The van der Waals surface area contributed by atoms with E-state index in [4.69, 9.17) is 10.00 Å². The summed E-state index contributed by atoms with van der Waals surface area (Å²) in [6, 6.07) is 9.79. The zero-order valence-corrected chi connectivity index (χ0v) is 12.1. The molecule has 0 aliphatic heterocycles. The largest absolute Gasteiger partial charge is 0.496 e. The number of hydrogen-bond acceptors (Lipinski definition) is 4. The number of aromatic nitrogens is 1. The minimum atomic E-state index is 0.527. The average molecular weight is 267 g/mol. The number of hydrogen-bond donors (Lipinski definition) is 1. The summed E-state index contributed by atoms with van der Waals surface area (Å²) in [5.41, 5.74) is 4.59. The summed E-state index contributed by atoms with van der Waals surface area (Å²) in [7, 11) is 3.40. The van der Waals surface area contributed by atoms with E-state index in [2.05, 4.69) is 29.4 Å². The Morgan fingerprint density at radius 1 is 1.20 bits per heavy atom. The van der Waals surface area contributed by atoms with Crippen LogP contribution in [0.5, 0.6) is 5.75 Å². The SMILES string of the molecule is CNc1nc(-c2cc(C)c(C)cc2OC)ccc1C#N. The summed E-state index contributed by atoms with van der Waals surface area (Å²) < 4.78 is 5.44. The number of ether oxygens (including phenoxy) is 1. The fraction of sp³-hybridized carbons (Fsp3) is 0.250. The van der Waals surface area contributed by atoms with Gasteiger partial charge < -0.3 is 10.1 Å². The minimum absolute atomic E-state index is 0.527. The van der Waals surface area contributed by atoms with Crippen LogP contribution in [0.1, 0.15) is 16.7 Å². The van der Waals surface area contributed by atoms with Crippen LogP contribution in [0, 0.1) is 25.2 Å². The molecule has 0 radical (unpaired) electrons. The van der Waals surface area contributed by atoms with Crippen molar-refractivity contribution in [2.45, 2.75) is 13.8 Å². The molecule has 2 aromatic rings. The van der Waals surface area contributed by atoms with Crippen molar-refractivity contribution in [3.63, 3.8) is 0 Å². The zero-order valence-electron chi connectivity index (χ0n) is 12.1. The van der Waals surface area contributed by atoms with E-state index in [9.17, 15) is 0 Å². The number of pyridine rings is 1. The number of methoxy groups -OCH3 is 1. The van der Waals surface area contributed by atoms with Gasteiger partial charge in [-0.05, 0) is 49.2 Å². The number of anilines is 1. The van der Waals surface area contributed by atoms with Gasteiger partial charge in [-0.25, -0.2) is 4.98 Å². The maximum Gasteiger partial charge on any atom is 0.144 e. The second kappa shape index (κ2) is 5.62. The quantitative estimate of drug-likeness (QED) is 0.927. The first kappa shape index (κ1) is 13.9. The highest BCUT2D eigenvalue weighted by atomic mass is 16.5. The molecule has 0 unspecified atom stereocenters. The van der Waals surface area contributed by atoms with Gasteiger partial charge in [0.2, 0.25) is 0 Å². The van der Waals surface area contributed by atoms with Crippen LogP contribution < -0.4 is 10.1 Å². The third-order valence-corrected chi connectivity index (χ3v) is 3.34. The van der Waals surface area contributed by atoms with Crippen molar-refractivity contribution in [1.82, 2.24) is 4.98 Å². The first-order valence-electron chi connectivity index (χ1n) is 6.35. The Hall–Kier alpha value is -2.54. The maximum atomic E-state index is 9.04. The Morgan fingerprint density at radius 2 is 1.90 bits per heavy atom. The van der Waals surface area contributed by atoms with Crippen LogP contribution in [0.3, 0.4) is 0 Å². The molecule has 1 heterocycles. The smallest absolute Gasteiger partial charge is 0.144 e. The molecule has 0 atom stereocenters. The van der Waals surface area contributed by atoms with Crippen molar-refractivity contribution in [1.29, 1.82) is 5.26 Å². The van der Waals surface area contributed by atoms with Gasteiger partial charge in [-0.3, -0.25) is 0 Å². The molecule has 1 N–H and O–H groups in total. The van der Waals surface area contributed by atoms with E-state index >= 15 is 0 Å².